The van der Waals surface area contributed by atoms with E-state index in [1.54, 1.807) is 11.0 Å². The van der Waals surface area contributed by atoms with Gasteiger partial charge in [0.25, 0.3) is 0 Å². The maximum atomic E-state index is 6.06. The summed E-state index contributed by atoms with van der Waals surface area (Å²) in [5.74, 6) is 0. The molecule has 0 spiro atoms. The van der Waals surface area contributed by atoms with Gasteiger partial charge in [0, 0.05) is 17.6 Å². The van der Waals surface area contributed by atoms with Crippen molar-refractivity contribution < 1.29 is 0 Å². The molecule has 18 heavy (non-hydrogen) atoms. The minimum Gasteiger partial charge on any atom is -0.379 e. The van der Waals surface area contributed by atoms with E-state index in [2.05, 4.69) is 20.7 Å². The van der Waals surface area contributed by atoms with Gasteiger partial charge in [-0.2, -0.15) is 5.10 Å². The molecule has 1 aliphatic rings. The van der Waals surface area contributed by atoms with E-state index in [0.717, 1.165) is 30.9 Å². The maximum absolute atomic E-state index is 6.06. The Hall–Kier alpha value is -1.59. The van der Waals surface area contributed by atoms with Gasteiger partial charge in [-0.25, -0.2) is 9.67 Å². The zero-order valence-electron chi connectivity index (χ0n) is 9.81. The molecule has 0 amide bonds. The van der Waals surface area contributed by atoms with Crippen LogP contribution in [0, 0.1) is 0 Å². The van der Waals surface area contributed by atoms with Crippen molar-refractivity contribution in [2.75, 3.05) is 18.4 Å². The van der Waals surface area contributed by atoms with Crippen LogP contribution in [0.4, 0.5) is 5.69 Å². The highest BCUT2D eigenvalue weighted by atomic mass is 35.5. The van der Waals surface area contributed by atoms with Crippen LogP contribution in [0.25, 0.3) is 5.69 Å². The first kappa shape index (κ1) is 11.5. The molecule has 0 bridgehead atoms. The lowest BCUT2D eigenvalue weighted by atomic mass is 10.2. The summed E-state index contributed by atoms with van der Waals surface area (Å²) in [6.45, 7) is 2.03. The Morgan fingerprint density at radius 1 is 1.44 bits per heavy atom. The predicted molar refractivity (Wildman–Crippen MR) is 71.3 cm³/mol. The van der Waals surface area contributed by atoms with Crippen LogP contribution in [0.3, 0.4) is 0 Å². The number of rotatable bonds is 3. The molecule has 1 saturated heterocycles. The van der Waals surface area contributed by atoms with E-state index in [9.17, 15) is 0 Å². The Balaban J connectivity index is 1.93. The first-order chi connectivity index (χ1) is 8.83. The largest absolute Gasteiger partial charge is 0.379 e. The molecule has 2 aromatic rings. The molecule has 1 aromatic heterocycles. The van der Waals surface area contributed by atoms with E-state index in [-0.39, 0.29) is 0 Å². The second-order valence-corrected chi connectivity index (χ2v) is 4.77. The van der Waals surface area contributed by atoms with Gasteiger partial charge in [-0.05, 0) is 31.2 Å². The van der Waals surface area contributed by atoms with Crippen LogP contribution in [0.2, 0.25) is 5.02 Å². The fourth-order valence-corrected chi connectivity index (χ4v) is 2.33. The number of hydrogen-bond acceptors (Lipinski definition) is 4. The normalized spacial score (nSPS) is 19.1. The second-order valence-electron chi connectivity index (χ2n) is 4.34. The fraction of sp³-hybridized carbons (Fsp3) is 0.333. The number of halogens is 1. The van der Waals surface area contributed by atoms with Crippen molar-refractivity contribution in [3.8, 4) is 5.69 Å². The van der Waals surface area contributed by atoms with E-state index in [4.69, 9.17) is 11.6 Å². The molecule has 1 fully saturated rings. The van der Waals surface area contributed by atoms with Crippen molar-refractivity contribution >= 4 is 17.3 Å². The Morgan fingerprint density at radius 2 is 2.39 bits per heavy atom. The molecule has 1 unspecified atom stereocenters. The number of hydrogen-bond donors (Lipinski definition) is 2. The van der Waals surface area contributed by atoms with Crippen LogP contribution in [0.5, 0.6) is 0 Å². The lowest BCUT2D eigenvalue weighted by Crippen LogP contribution is -2.23. The average molecular weight is 264 g/mol. The summed E-state index contributed by atoms with van der Waals surface area (Å²) in [5.41, 5.74) is 1.95. The second kappa shape index (κ2) is 4.96. The third-order valence-electron chi connectivity index (χ3n) is 3.04. The summed E-state index contributed by atoms with van der Waals surface area (Å²) in [7, 11) is 0. The van der Waals surface area contributed by atoms with Gasteiger partial charge in [-0.1, -0.05) is 11.6 Å². The lowest BCUT2D eigenvalue weighted by molar-refractivity contribution is 0.787. The Labute approximate surface area is 110 Å². The Bertz CT molecular complexity index is 519. The van der Waals surface area contributed by atoms with Crippen LogP contribution in [-0.2, 0) is 0 Å². The zero-order valence-corrected chi connectivity index (χ0v) is 10.6. The van der Waals surface area contributed by atoms with Gasteiger partial charge in [0.2, 0.25) is 0 Å². The van der Waals surface area contributed by atoms with Crippen LogP contribution in [0.1, 0.15) is 6.42 Å². The monoisotopic (exact) mass is 263 g/mol. The van der Waals surface area contributed by atoms with Crippen LogP contribution in [-0.4, -0.2) is 33.9 Å². The molecule has 1 aromatic carbocycles. The van der Waals surface area contributed by atoms with Gasteiger partial charge in [-0.3, -0.25) is 0 Å². The van der Waals surface area contributed by atoms with Crippen molar-refractivity contribution in [1.29, 1.82) is 0 Å². The van der Waals surface area contributed by atoms with Gasteiger partial charge < -0.3 is 10.6 Å². The molecule has 1 aliphatic heterocycles. The summed E-state index contributed by atoms with van der Waals surface area (Å²) in [4.78, 5) is 3.97. The smallest absolute Gasteiger partial charge is 0.138 e. The lowest BCUT2D eigenvalue weighted by Gasteiger charge is -2.16. The van der Waals surface area contributed by atoms with Gasteiger partial charge in [-0.15, -0.1) is 0 Å². The van der Waals surface area contributed by atoms with Crippen molar-refractivity contribution in [1.82, 2.24) is 20.1 Å². The number of nitrogens with zero attached hydrogens (tertiary/aromatic N) is 3. The molecule has 6 heteroatoms. The molecular formula is C12H14ClN5. The van der Waals surface area contributed by atoms with Crippen molar-refractivity contribution in [3.63, 3.8) is 0 Å². The number of nitrogens with one attached hydrogen (secondary N) is 2. The van der Waals surface area contributed by atoms with E-state index in [1.807, 2.05) is 18.2 Å². The fourth-order valence-electron chi connectivity index (χ4n) is 2.15. The van der Waals surface area contributed by atoms with Crippen molar-refractivity contribution in [2.24, 2.45) is 0 Å². The highest BCUT2D eigenvalue weighted by Crippen LogP contribution is 2.25. The zero-order chi connectivity index (χ0) is 12.4. The van der Waals surface area contributed by atoms with E-state index in [0.29, 0.717) is 11.1 Å². The highest BCUT2D eigenvalue weighted by molar-refractivity contribution is 6.31. The molecule has 2 heterocycles. The van der Waals surface area contributed by atoms with Crippen LogP contribution >= 0.6 is 11.6 Å². The topological polar surface area (TPSA) is 54.8 Å². The quantitative estimate of drug-likeness (QED) is 0.885. The third-order valence-corrected chi connectivity index (χ3v) is 3.28. The first-order valence-corrected chi connectivity index (χ1v) is 6.32. The van der Waals surface area contributed by atoms with Gasteiger partial charge in [0.05, 0.1) is 11.4 Å². The minimum atomic E-state index is 0.436. The van der Waals surface area contributed by atoms with E-state index >= 15 is 0 Å². The highest BCUT2D eigenvalue weighted by Gasteiger charge is 2.16. The third kappa shape index (κ3) is 2.32. The summed E-state index contributed by atoms with van der Waals surface area (Å²) >= 11 is 6.06. The molecule has 5 nitrogen and oxygen atoms in total. The van der Waals surface area contributed by atoms with E-state index in [1.165, 1.54) is 6.33 Å². The molecule has 0 aliphatic carbocycles. The van der Waals surface area contributed by atoms with Gasteiger partial charge in [0.15, 0.2) is 0 Å². The van der Waals surface area contributed by atoms with Crippen molar-refractivity contribution in [3.05, 3.63) is 35.9 Å². The van der Waals surface area contributed by atoms with E-state index < -0.39 is 0 Å². The summed E-state index contributed by atoms with van der Waals surface area (Å²) in [5, 5.41) is 11.7. The van der Waals surface area contributed by atoms with Crippen LogP contribution < -0.4 is 10.6 Å². The summed E-state index contributed by atoms with van der Waals surface area (Å²) in [6.07, 6.45) is 4.32. The standard InChI is InChI=1S/C12H14ClN5/c13-9-1-2-12(18-8-15-7-16-18)11(5-9)17-10-3-4-14-6-10/h1-2,5,7-8,10,14,17H,3-4,6H2. The summed E-state index contributed by atoms with van der Waals surface area (Å²) < 4.78 is 1.74. The first-order valence-electron chi connectivity index (χ1n) is 5.95. The van der Waals surface area contributed by atoms with Gasteiger partial charge in [0.1, 0.15) is 12.7 Å². The summed E-state index contributed by atoms with van der Waals surface area (Å²) in [6, 6.07) is 6.17. The molecule has 94 valence electrons. The molecule has 1 atom stereocenters. The molecular weight excluding hydrogens is 250 g/mol. The number of benzene rings is 1. The minimum absolute atomic E-state index is 0.436. The number of aromatic nitrogens is 3. The van der Waals surface area contributed by atoms with Crippen molar-refractivity contribution in [2.45, 2.75) is 12.5 Å². The maximum Gasteiger partial charge on any atom is 0.138 e. The Morgan fingerprint density at radius 3 is 3.11 bits per heavy atom. The molecule has 2 N–H and O–H groups in total. The molecule has 0 radical (unpaired) electrons. The predicted octanol–water partition coefficient (Wildman–Crippen LogP) is 1.69. The SMILES string of the molecule is Clc1ccc(-n2cncn2)c(NC2CCNC2)c1. The Kier molecular flexibility index (Phi) is 3.17. The van der Waals surface area contributed by atoms with Gasteiger partial charge >= 0.3 is 0 Å². The number of anilines is 1. The molecule has 3 rings (SSSR count). The molecule has 0 saturated carbocycles. The van der Waals surface area contributed by atoms with Crippen LogP contribution in [0.15, 0.2) is 30.9 Å². The average Bonchev–Trinajstić information content (AvgIpc) is 3.01.